The molecule has 0 saturated carbocycles. The van der Waals surface area contributed by atoms with Gasteiger partial charge in [-0.3, -0.25) is 0 Å². The van der Waals surface area contributed by atoms with Gasteiger partial charge in [-0.1, -0.05) is 31.2 Å². The van der Waals surface area contributed by atoms with E-state index in [1.807, 2.05) is 6.07 Å². The Morgan fingerprint density at radius 1 is 1.15 bits per heavy atom. The molecule has 1 N–H and O–H groups in total. The van der Waals surface area contributed by atoms with Crippen LogP contribution < -0.4 is 5.32 Å². The molecule has 0 spiro atoms. The number of hydrogen-bond donors (Lipinski definition) is 1. The standard InChI is InChI=1S/C17H20FNS/c1-3-19-13(2)15-7-5-9-17(11-15)20-12-14-6-4-8-16(18)10-14/h4-11,13,19H,3,12H2,1-2H3. The minimum absolute atomic E-state index is 0.169. The van der Waals surface area contributed by atoms with Crippen molar-refractivity contribution < 1.29 is 4.39 Å². The molecule has 20 heavy (non-hydrogen) atoms. The summed E-state index contributed by atoms with van der Waals surface area (Å²) in [5.41, 5.74) is 2.30. The Balaban J connectivity index is 2.01. The van der Waals surface area contributed by atoms with Crippen molar-refractivity contribution in [2.45, 2.75) is 30.5 Å². The lowest BCUT2D eigenvalue weighted by Crippen LogP contribution is -2.17. The smallest absolute Gasteiger partial charge is 0.123 e. The molecule has 0 bridgehead atoms. The van der Waals surface area contributed by atoms with Crippen LogP contribution in [0.1, 0.15) is 31.0 Å². The van der Waals surface area contributed by atoms with Crippen LogP contribution in [0.3, 0.4) is 0 Å². The Hall–Kier alpha value is -1.32. The first kappa shape index (κ1) is 15.1. The van der Waals surface area contributed by atoms with Gasteiger partial charge in [0.1, 0.15) is 5.82 Å². The van der Waals surface area contributed by atoms with E-state index >= 15 is 0 Å². The van der Waals surface area contributed by atoms with E-state index in [0.717, 1.165) is 17.9 Å². The SMILES string of the molecule is CCNC(C)c1cccc(SCc2cccc(F)c2)c1. The molecule has 0 aliphatic rings. The Bertz CT molecular complexity index is 556. The molecule has 2 rings (SSSR count). The summed E-state index contributed by atoms with van der Waals surface area (Å²) in [6.07, 6.45) is 0. The summed E-state index contributed by atoms with van der Waals surface area (Å²) in [4.78, 5) is 1.22. The maximum atomic E-state index is 13.1. The lowest BCUT2D eigenvalue weighted by molar-refractivity contribution is 0.597. The predicted octanol–water partition coefficient (Wildman–Crippen LogP) is 4.79. The molecular formula is C17H20FNS. The van der Waals surface area contributed by atoms with Crippen molar-refractivity contribution in [3.05, 3.63) is 65.5 Å². The van der Waals surface area contributed by atoms with Crippen LogP contribution in [0.4, 0.5) is 4.39 Å². The van der Waals surface area contributed by atoms with Crippen LogP contribution in [0.2, 0.25) is 0 Å². The topological polar surface area (TPSA) is 12.0 Å². The minimum atomic E-state index is -0.169. The van der Waals surface area contributed by atoms with Crippen molar-refractivity contribution in [1.82, 2.24) is 5.32 Å². The number of thioether (sulfide) groups is 1. The van der Waals surface area contributed by atoms with E-state index in [9.17, 15) is 4.39 Å². The van der Waals surface area contributed by atoms with Crippen molar-refractivity contribution in [2.24, 2.45) is 0 Å². The van der Waals surface area contributed by atoms with Crippen molar-refractivity contribution in [2.75, 3.05) is 6.54 Å². The molecule has 2 aromatic rings. The summed E-state index contributed by atoms with van der Waals surface area (Å²) in [7, 11) is 0. The van der Waals surface area contributed by atoms with Gasteiger partial charge in [0.05, 0.1) is 0 Å². The summed E-state index contributed by atoms with van der Waals surface area (Å²) in [6, 6.07) is 15.7. The average molecular weight is 289 g/mol. The Labute approximate surface area is 124 Å². The average Bonchev–Trinajstić information content (AvgIpc) is 2.46. The highest BCUT2D eigenvalue weighted by atomic mass is 32.2. The van der Waals surface area contributed by atoms with Gasteiger partial charge in [-0.05, 0) is 48.9 Å². The monoisotopic (exact) mass is 289 g/mol. The van der Waals surface area contributed by atoms with Gasteiger partial charge in [0.25, 0.3) is 0 Å². The maximum absolute atomic E-state index is 13.1. The van der Waals surface area contributed by atoms with Gasteiger partial charge in [0.2, 0.25) is 0 Å². The van der Waals surface area contributed by atoms with Gasteiger partial charge in [-0.2, -0.15) is 0 Å². The van der Waals surface area contributed by atoms with Gasteiger partial charge in [0, 0.05) is 16.7 Å². The first-order chi connectivity index (χ1) is 9.69. The second-order valence-electron chi connectivity index (χ2n) is 4.77. The third-order valence-corrected chi connectivity index (χ3v) is 4.23. The van der Waals surface area contributed by atoms with Gasteiger partial charge in [-0.15, -0.1) is 11.8 Å². The molecule has 0 heterocycles. The quantitative estimate of drug-likeness (QED) is 0.767. The van der Waals surface area contributed by atoms with Gasteiger partial charge in [-0.25, -0.2) is 4.39 Å². The third kappa shape index (κ3) is 4.36. The highest BCUT2D eigenvalue weighted by Crippen LogP contribution is 2.25. The van der Waals surface area contributed by atoms with Crippen LogP contribution in [0.25, 0.3) is 0 Å². The first-order valence-corrected chi connectivity index (χ1v) is 7.88. The molecular weight excluding hydrogens is 269 g/mol. The van der Waals surface area contributed by atoms with Crippen LogP contribution in [0, 0.1) is 5.82 Å². The summed E-state index contributed by atoms with van der Waals surface area (Å²) in [5.74, 6) is 0.620. The van der Waals surface area contributed by atoms with Crippen LogP contribution in [0.5, 0.6) is 0 Å². The maximum Gasteiger partial charge on any atom is 0.123 e. The highest BCUT2D eigenvalue weighted by molar-refractivity contribution is 7.98. The number of halogens is 1. The summed E-state index contributed by atoms with van der Waals surface area (Å²) >= 11 is 1.74. The number of benzene rings is 2. The fourth-order valence-corrected chi connectivity index (χ4v) is 3.00. The van der Waals surface area contributed by atoms with Gasteiger partial charge < -0.3 is 5.32 Å². The summed E-state index contributed by atoms with van der Waals surface area (Å²) < 4.78 is 13.1. The molecule has 1 unspecified atom stereocenters. The lowest BCUT2D eigenvalue weighted by Gasteiger charge is -2.13. The fraction of sp³-hybridized carbons (Fsp3) is 0.294. The summed E-state index contributed by atoms with van der Waals surface area (Å²) in [6.45, 7) is 5.24. The third-order valence-electron chi connectivity index (χ3n) is 3.16. The molecule has 0 amide bonds. The zero-order valence-corrected chi connectivity index (χ0v) is 12.7. The van der Waals surface area contributed by atoms with Crippen LogP contribution in [0.15, 0.2) is 53.4 Å². The van der Waals surface area contributed by atoms with E-state index < -0.39 is 0 Å². The molecule has 1 nitrogen and oxygen atoms in total. The first-order valence-electron chi connectivity index (χ1n) is 6.89. The Morgan fingerprint density at radius 3 is 2.70 bits per heavy atom. The van der Waals surface area contributed by atoms with E-state index in [0.29, 0.717) is 6.04 Å². The van der Waals surface area contributed by atoms with Crippen LogP contribution in [-0.2, 0) is 5.75 Å². The molecule has 0 saturated heterocycles. The summed E-state index contributed by atoms with van der Waals surface area (Å²) in [5, 5.41) is 3.41. The molecule has 0 fully saturated rings. The molecule has 2 aromatic carbocycles. The largest absolute Gasteiger partial charge is 0.310 e. The number of nitrogens with one attached hydrogen (secondary N) is 1. The van der Waals surface area contributed by atoms with E-state index in [4.69, 9.17) is 0 Å². The lowest BCUT2D eigenvalue weighted by atomic mass is 10.1. The highest BCUT2D eigenvalue weighted by Gasteiger charge is 2.05. The van der Waals surface area contributed by atoms with Crippen molar-refractivity contribution in [3.63, 3.8) is 0 Å². The van der Waals surface area contributed by atoms with Crippen molar-refractivity contribution in [3.8, 4) is 0 Å². The predicted molar refractivity (Wildman–Crippen MR) is 84.5 cm³/mol. The van der Waals surface area contributed by atoms with Crippen LogP contribution in [-0.4, -0.2) is 6.54 Å². The molecule has 0 aliphatic heterocycles. The molecule has 0 aromatic heterocycles. The van der Waals surface area contributed by atoms with E-state index in [-0.39, 0.29) is 5.82 Å². The molecule has 106 valence electrons. The number of rotatable bonds is 6. The van der Waals surface area contributed by atoms with Crippen molar-refractivity contribution >= 4 is 11.8 Å². The minimum Gasteiger partial charge on any atom is -0.310 e. The Kier molecular flexibility index (Phi) is 5.62. The van der Waals surface area contributed by atoms with Crippen molar-refractivity contribution in [1.29, 1.82) is 0 Å². The molecule has 0 aliphatic carbocycles. The van der Waals surface area contributed by atoms with E-state index in [1.165, 1.54) is 16.5 Å². The molecule has 1 atom stereocenters. The zero-order valence-electron chi connectivity index (χ0n) is 11.9. The number of hydrogen-bond acceptors (Lipinski definition) is 2. The van der Waals surface area contributed by atoms with Gasteiger partial charge >= 0.3 is 0 Å². The Morgan fingerprint density at radius 2 is 1.95 bits per heavy atom. The van der Waals surface area contributed by atoms with Crippen LogP contribution >= 0.6 is 11.8 Å². The second-order valence-corrected chi connectivity index (χ2v) is 5.82. The zero-order chi connectivity index (χ0) is 14.4. The normalized spacial score (nSPS) is 12.3. The second kappa shape index (κ2) is 7.46. The molecule has 0 radical (unpaired) electrons. The van der Waals surface area contributed by atoms with E-state index in [2.05, 4.69) is 43.4 Å². The van der Waals surface area contributed by atoms with E-state index in [1.54, 1.807) is 23.9 Å². The molecule has 3 heteroatoms. The van der Waals surface area contributed by atoms with Gasteiger partial charge in [0.15, 0.2) is 0 Å². The fourth-order valence-electron chi connectivity index (χ4n) is 2.09.